The monoisotopic (exact) mass is 212 g/mol. The van der Waals surface area contributed by atoms with E-state index in [2.05, 4.69) is 24.3 Å². The summed E-state index contributed by atoms with van der Waals surface area (Å²) in [7, 11) is 0. The Morgan fingerprint density at radius 1 is 0.562 bits per heavy atom. The second-order valence-electron chi connectivity index (χ2n) is 3.86. The lowest BCUT2D eigenvalue weighted by atomic mass is 9.97. The summed E-state index contributed by atoms with van der Waals surface area (Å²) in [6.07, 6.45) is 0.0344. The van der Waals surface area contributed by atoms with Gasteiger partial charge >= 0.3 is 0 Å². The first kappa shape index (κ1) is 9.58. The predicted octanol–water partition coefficient (Wildman–Crippen LogP) is 3.43. The van der Waals surface area contributed by atoms with Crippen LogP contribution in [0.5, 0.6) is 0 Å². The first-order chi connectivity index (χ1) is 7.95. The zero-order valence-corrected chi connectivity index (χ0v) is 8.74. The van der Waals surface area contributed by atoms with Crippen LogP contribution in [0.25, 0.3) is 0 Å². The third-order valence-corrected chi connectivity index (χ3v) is 2.79. The highest BCUT2D eigenvalue weighted by molar-refractivity contribution is 5.26. The molecule has 1 heterocycles. The lowest BCUT2D eigenvalue weighted by Crippen LogP contribution is -2.27. The van der Waals surface area contributed by atoms with Crippen molar-refractivity contribution in [2.45, 2.75) is 12.2 Å². The molecule has 1 fully saturated rings. The van der Waals surface area contributed by atoms with Gasteiger partial charge in [-0.25, -0.2) is 9.78 Å². The maximum absolute atomic E-state index is 5.18. The summed E-state index contributed by atoms with van der Waals surface area (Å²) in [6.45, 7) is 0. The molecule has 1 saturated heterocycles. The number of rotatable bonds is 2. The van der Waals surface area contributed by atoms with Gasteiger partial charge in [-0.2, -0.15) is 0 Å². The third-order valence-electron chi connectivity index (χ3n) is 2.79. The molecule has 0 N–H and O–H groups in total. The van der Waals surface area contributed by atoms with Crippen LogP contribution in [0.2, 0.25) is 0 Å². The molecule has 0 radical (unpaired) electrons. The van der Waals surface area contributed by atoms with E-state index < -0.39 is 0 Å². The fourth-order valence-electron chi connectivity index (χ4n) is 1.91. The minimum Gasteiger partial charge on any atom is -0.224 e. The second kappa shape index (κ2) is 4.08. The summed E-state index contributed by atoms with van der Waals surface area (Å²) in [5, 5.41) is 0. The van der Waals surface area contributed by atoms with Gasteiger partial charge in [0.2, 0.25) is 0 Å². The van der Waals surface area contributed by atoms with Crippen LogP contribution in [0.3, 0.4) is 0 Å². The zero-order valence-electron chi connectivity index (χ0n) is 8.74. The molecule has 1 aliphatic rings. The van der Waals surface area contributed by atoms with E-state index in [1.54, 1.807) is 0 Å². The highest BCUT2D eigenvalue weighted by Gasteiger charge is 2.37. The highest BCUT2D eigenvalue weighted by atomic mass is 17.2. The maximum Gasteiger partial charge on any atom is 0.151 e. The lowest BCUT2D eigenvalue weighted by Gasteiger charge is -2.35. The van der Waals surface area contributed by atoms with E-state index in [0.29, 0.717) is 0 Å². The van der Waals surface area contributed by atoms with Crippen molar-refractivity contribution in [3.05, 3.63) is 71.8 Å². The molecule has 16 heavy (non-hydrogen) atoms. The van der Waals surface area contributed by atoms with Gasteiger partial charge in [0.1, 0.15) is 0 Å². The van der Waals surface area contributed by atoms with E-state index in [-0.39, 0.29) is 12.2 Å². The summed E-state index contributed by atoms with van der Waals surface area (Å²) >= 11 is 0. The van der Waals surface area contributed by atoms with E-state index in [4.69, 9.17) is 9.78 Å². The van der Waals surface area contributed by atoms with E-state index in [1.165, 1.54) is 0 Å². The van der Waals surface area contributed by atoms with E-state index >= 15 is 0 Å². The lowest BCUT2D eigenvalue weighted by molar-refractivity contribution is -0.475. The van der Waals surface area contributed by atoms with Gasteiger partial charge in [-0.1, -0.05) is 60.7 Å². The molecule has 0 saturated carbocycles. The Morgan fingerprint density at radius 2 is 0.938 bits per heavy atom. The van der Waals surface area contributed by atoms with E-state index in [0.717, 1.165) is 11.1 Å². The van der Waals surface area contributed by atoms with Crippen molar-refractivity contribution < 1.29 is 9.78 Å². The van der Waals surface area contributed by atoms with Crippen LogP contribution in [-0.2, 0) is 9.78 Å². The van der Waals surface area contributed by atoms with Crippen LogP contribution in [0.4, 0.5) is 0 Å². The smallest absolute Gasteiger partial charge is 0.151 e. The second-order valence-corrected chi connectivity index (χ2v) is 3.86. The predicted molar refractivity (Wildman–Crippen MR) is 60.5 cm³/mol. The Hall–Kier alpha value is -1.64. The van der Waals surface area contributed by atoms with Crippen LogP contribution >= 0.6 is 0 Å². The fraction of sp³-hybridized carbons (Fsp3) is 0.143. The van der Waals surface area contributed by atoms with Gasteiger partial charge in [0, 0.05) is 0 Å². The maximum atomic E-state index is 5.18. The summed E-state index contributed by atoms with van der Waals surface area (Å²) in [5.41, 5.74) is 2.31. The number of hydrogen-bond donors (Lipinski definition) is 0. The quantitative estimate of drug-likeness (QED) is 0.710. The molecule has 2 atom stereocenters. The van der Waals surface area contributed by atoms with Crippen molar-refractivity contribution in [1.29, 1.82) is 0 Å². The molecular formula is C14H12O2. The van der Waals surface area contributed by atoms with Gasteiger partial charge in [-0.15, -0.1) is 0 Å². The molecule has 0 spiro atoms. The molecule has 0 bridgehead atoms. The summed E-state index contributed by atoms with van der Waals surface area (Å²) < 4.78 is 0. The Bertz CT molecular complexity index is 407. The van der Waals surface area contributed by atoms with Gasteiger partial charge in [-0.05, 0) is 11.1 Å². The van der Waals surface area contributed by atoms with Gasteiger partial charge in [0.15, 0.2) is 12.2 Å². The van der Waals surface area contributed by atoms with Gasteiger partial charge < -0.3 is 0 Å². The van der Waals surface area contributed by atoms with Crippen molar-refractivity contribution in [2.75, 3.05) is 0 Å². The Kier molecular flexibility index (Phi) is 2.44. The molecule has 80 valence electrons. The molecule has 1 aliphatic heterocycles. The average molecular weight is 212 g/mol. The van der Waals surface area contributed by atoms with Crippen LogP contribution < -0.4 is 0 Å². The van der Waals surface area contributed by atoms with Crippen molar-refractivity contribution in [1.82, 2.24) is 0 Å². The Labute approximate surface area is 94.4 Å². The van der Waals surface area contributed by atoms with Crippen LogP contribution in [0.15, 0.2) is 60.7 Å². The van der Waals surface area contributed by atoms with Crippen LogP contribution in [0.1, 0.15) is 23.3 Å². The first-order valence-electron chi connectivity index (χ1n) is 5.37. The highest BCUT2D eigenvalue weighted by Crippen LogP contribution is 2.43. The minimum absolute atomic E-state index is 0.0172. The summed E-state index contributed by atoms with van der Waals surface area (Å²) in [6, 6.07) is 20.3. The largest absolute Gasteiger partial charge is 0.224 e. The molecule has 2 heteroatoms. The molecule has 0 aliphatic carbocycles. The number of benzene rings is 2. The van der Waals surface area contributed by atoms with Gasteiger partial charge in [-0.3, -0.25) is 0 Å². The Morgan fingerprint density at radius 3 is 1.25 bits per heavy atom. The van der Waals surface area contributed by atoms with E-state index in [1.807, 2.05) is 36.4 Å². The van der Waals surface area contributed by atoms with Crippen molar-refractivity contribution in [2.24, 2.45) is 0 Å². The molecular weight excluding hydrogens is 200 g/mol. The molecule has 2 nitrogen and oxygen atoms in total. The molecule has 0 unspecified atom stereocenters. The number of hydrogen-bond acceptors (Lipinski definition) is 2. The molecule has 0 amide bonds. The van der Waals surface area contributed by atoms with Crippen molar-refractivity contribution >= 4 is 0 Å². The molecule has 2 aromatic carbocycles. The van der Waals surface area contributed by atoms with Crippen molar-refractivity contribution in [3.63, 3.8) is 0 Å². The van der Waals surface area contributed by atoms with Crippen LogP contribution in [0, 0.1) is 0 Å². The van der Waals surface area contributed by atoms with Crippen LogP contribution in [-0.4, -0.2) is 0 Å². The molecule has 0 aromatic heterocycles. The topological polar surface area (TPSA) is 18.5 Å². The first-order valence-corrected chi connectivity index (χ1v) is 5.37. The standard InChI is InChI=1S/C14H12O2/c1-3-7-11(8-4-1)13-14(16-15-13)12-9-5-2-6-10-12/h1-10,13-14H/t13-,14-/m0/s1. The third kappa shape index (κ3) is 1.62. The molecule has 2 aromatic rings. The Balaban J connectivity index is 1.85. The van der Waals surface area contributed by atoms with Gasteiger partial charge in [0.25, 0.3) is 0 Å². The van der Waals surface area contributed by atoms with E-state index in [9.17, 15) is 0 Å². The van der Waals surface area contributed by atoms with Crippen molar-refractivity contribution in [3.8, 4) is 0 Å². The normalized spacial score (nSPS) is 23.8. The summed E-state index contributed by atoms with van der Waals surface area (Å²) in [4.78, 5) is 10.4. The SMILES string of the molecule is c1ccc([C@@H]2OO[C@H]2c2ccccc2)cc1. The minimum atomic E-state index is 0.0172. The zero-order chi connectivity index (χ0) is 10.8. The average Bonchev–Trinajstić information content (AvgIpc) is 2.30. The fourth-order valence-corrected chi connectivity index (χ4v) is 1.91. The van der Waals surface area contributed by atoms with Gasteiger partial charge in [0.05, 0.1) is 0 Å². The summed E-state index contributed by atoms with van der Waals surface area (Å²) in [5.74, 6) is 0. The molecule has 3 rings (SSSR count).